The van der Waals surface area contributed by atoms with Gasteiger partial charge in [-0.1, -0.05) is 32.0 Å². The highest BCUT2D eigenvalue weighted by atomic mass is 28.2. The minimum atomic E-state index is -0.0625. The highest BCUT2D eigenvalue weighted by molar-refractivity contribution is 6.38. The first kappa shape index (κ1) is 10.9. The smallest absolute Gasteiger partial charge is 0.119 e. The van der Waals surface area contributed by atoms with E-state index < -0.39 is 0 Å². The summed E-state index contributed by atoms with van der Waals surface area (Å²) in [5, 5.41) is 0. The van der Waals surface area contributed by atoms with Gasteiger partial charge in [-0.3, -0.25) is 0 Å². The van der Waals surface area contributed by atoms with Crippen molar-refractivity contribution in [1.29, 1.82) is 0 Å². The monoisotopic (exact) mass is 171 g/mol. The first-order valence-corrected chi connectivity index (χ1v) is 6.05. The molecule has 0 saturated heterocycles. The van der Waals surface area contributed by atoms with Crippen molar-refractivity contribution < 1.29 is 0 Å². The van der Waals surface area contributed by atoms with Crippen LogP contribution in [-0.4, -0.2) is 27.8 Å². The molecule has 0 saturated carbocycles. The highest BCUT2D eigenvalue weighted by Crippen LogP contribution is 2.03. The normalized spacial score (nSPS) is 11.4. The zero-order valence-electron chi connectivity index (χ0n) is 8.35. The zero-order chi connectivity index (χ0) is 8.69. The number of nitrogens with zero attached hydrogens (tertiary/aromatic N) is 1. The van der Waals surface area contributed by atoms with Crippen molar-refractivity contribution in [2.24, 2.45) is 0 Å². The molecule has 0 aromatic rings. The van der Waals surface area contributed by atoms with Crippen molar-refractivity contribution in [3.05, 3.63) is 11.3 Å². The van der Waals surface area contributed by atoms with Crippen molar-refractivity contribution in [3.8, 4) is 0 Å². The van der Waals surface area contributed by atoms with Crippen molar-refractivity contribution in [3.63, 3.8) is 0 Å². The summed E-state index contributed by atoms with van der Waals surface area (Å²) in [7, 11) is 2.15. The van der Waals surface area contributed by atoms with Crippen LogP contribution in [0.1, 0.15) is 33.6 Å². The SMILES string of the molecule is CCC(=C[SiH2]N(C)CC)CC. The predicted octanol–water partition coefficient (Wildman–Crippen LogP) is 1.73. The molecule has 0 fully saturated rings. The standard InChI is InChI=1S/C9H21NSi/c1-5-9(6-2)8-11-10(4)7-3/h8H,5-7,11H2,1-4H3. The fraction of sp³-hybridized carbons (Fsp3) is 0.778. The Labute approximate surface area is 73.4 Å². The largest absolute Gasteiger partial charge is 0.328 e. The van der Waals surface area contributed by atoms with Crippen LogP contribution < -0.4 is 0 Å². The fourth-order valence-electron chi connectivity index (χ4n) is 0.953. The van der Waals surface area contributed by atoms with Gasteiger partial charge in [-0.05, 0) is 26.4 Å². The van der Waals surface area contributed by atoms with Gasteiger partial charge in [0.1, 0.15) is 9.68 Å². The molecule has 0 aromatic carbocycles. The van der Waals surface area contributed by atoms with E-state index in [0.717, 1.165) is 0 Å². The van der Waals surface area contributed by atoms with E-state index in [1.807, 2.05) is 0 Å². The van der Waals surface area contributed by atoms with Gasteiger partial charge in [0.15, 0.2) is 0 Å². The molecule has 0 bridgehead atoms. The Morgan fingerprint density at radius 3 is 2.18 bits per heavy atom. The second-order valence-electron chi connectivity index (χ2n) is 2.92. The summed E-state index contributed by atoms with van der Waals surface area (Å²) in [5.74, 6) is 0. The molecule has 2 heteroatoms. The number of rotatable bonds is 5. The van der Waals surface area contributed by atoms with Crippen molar-refractivity contribution >= 4 is 9.68 Å². The molecule has 11 heavy (non-hydrogen) atoms. The molecule has 66 valence electrons. The number of hydrogen-bond acceptors (Lipinski definition) is 1. The summed E-state index contributed by atoms with van der Waals surface area (Å²) in [6, 6.07) is 0. The van der Waals surface area contributed by atoms with E-state index >= 15 is 0 Å². The Morgan fingerprint density at radius 2 is 1.82 bits per heavy atom. The Hall–Kier alpha value is -0.0831. The van der Waals surface area contributed by atoms with Gasteiger partial charge in [0.2, 0.25) is 0 Å². The number of hydrogen-bond donors (Lipinski definition) is 0. The molecule has 0 atom stereocenters. The molecule has 0 aliphatic heterocycles. The summed E-state index contributed by atoms with van der Waals surface area (Å²) in [6.07, 6.45) is 2.47. The summed E-state index contributed by atoms with van der Waals surface area (Å²) in [5.41, 5.74) is 4.13. The molecule has 0 aliphatic carbocycles. The molecule has 0 aromatic heterocycles. The first-order valence-electron chi connectivity index (χ1n) is 4.61. The van der Waals surface area contributed by atoms with E-state index in [0.29, 0.717) is 0 Å². The van der Waals surface area contributed by atoms with Gasteiger partial charge >= 0.3 is 0 Å². The molecule has 0 radical (unpaired) electrons. The Balaban J connectivity index is 3.68. The molecule has 0 aliphatic rings. The van der Waals surface area contributed by atoms with Crippen LogP contribution in [-0.2, 0) is 0 Å². The van der Waals surface area contributed by atoms with Crippen LogP contribution in [0.25, 0.3) is 0 Å². The maximum absolute atomic E-state index is 2.49. The quantitative estimate of drug-likeness (QED) is 0.569. The first-order chi connectivity index (χ1) is 5.24. The number of allylic oxidation sites excluding steroid dienone is 1. The third kappa shape index (κ3) is 5.22. The van der Waals surface area contributed by atoms with Crippen LogP contribution >= 0.6 is 0 Å². The van der Waals surface area contributed by atoms with Gasteiger partial charge in [0.25, 0.3) is 0 Å². The summed E-state index contributed by atoms with van der Waals surface area (Å²) < 4.78 is 2.45. The van der Waals surface area contributed by atoms with E-state index in [1.165, 1.54) is 19.4 Å². The van der Waals surface area contributed by atoms with E-state index in [2.05, 4.69) is 38.1 Å². The molecule has 0 spiro atoms. The van der Waals surface area contributed by atoms with Crippen LogP contribution in [0.15, 0.2) is 11.3 Å². The molecule has 0 unspecified atom stereocenters. The molecular formula is C9H21NSi. The molecule has 1 nitrogen and oxygen atoms in total. The lowest BCUT2D eigenvalue weighted by atomic mass is 10.2. The van der Waals surface area contributed by atoms with Gasteiger partial charge in [-0.25, -0.2) is 0 Å². The minimum absolute atomic E-state index is 0.0625. The summed E-state index contributed by atoms with van der Waals surface area (Å²) in [4.78, 5) is 0. The molecule has 0 rings (SSSR count). The molecule has 0 heterocycles. The lowest BCUT2D eigenvalue weighted by Gasteiger charge is -2.10. The van der Waals surface area contributed by atoms with Crippen LogP contribution in [0.2, 0.25) is 0 Å². The van der Waals surface area contributed by atoms with Gasteiger partial charge in [-0.15, -0.1) is 0 Å². The van der Waals surface area contributed by atoms with Crippen LogP contribution in [0.3, 0.4) is 0 Å². The van der Waals surface area contributed by atoms with Crippen molar-refractivity contribution in [2.75, 3.05) is 13.6 Å². The maximum atomic E-state index is 2.49. The van der Waals surface area contributed by atoms with E-state index in [1.54, 1.807) is 5.57 Å². The van der Waals surface area contributed by atoms with E-state index in [-0.39, 0.29) is 9.68 Å². The lowest BCUT2D eigenvalue weighted by Crippen LogP contribution is -2.21. The average Bonchev–Trinajstić information content (AvgIpc) is 2.06. The third-order valence-electron chi connectivity index (χ3n) is 2.14. The second-order valence-corrected chi connectivity index (χ2v) is 4.78. The van der Waals surface area contributed by atoms with Gasteiger partial charge in [0.05, 0.1) is 0 Å². The minimum Gasteiger partial charge on any atom is -0.328 e. The van der Waals surface area contributed by atoms with Crippen LogP contribution in [0.5, 0.6) is 0 Å². The van der Waals surface area contributed by atoms with Crippen molar-refractivity contribution in [1.82, 2.24) is 4.57 Å². The van der Waals surface area contributed by atoms with Gasteiger partial charge in [-0.2, -0.15) is 0 Å². The summed E-state index contributed by atoms with van der Waals surface area (Å²) in [6.45, 7) is 7.91. The van der Waals surface area contributed by atoms with E-state index in [4.69, 9.17) is 0 Å². The molecule has 0 N–H and O–H groups in total. The average molecular weight is 171 g/mol. The topological polar surface area (TPSA) is 3.24 Å². The Bertz CT molecular complexity index is 115. The maximum Gasteiger partial charge on any atom is 0.119 e. The van der Waals surface area contributed by atoms with Crippen LogP contribution in [0.4, 0.5) is 0 Å². The Kier molecular flexibility index (Phi) is 6.57. The van der Waals surface area contributed by atoms with Gasteiger partial charge in [0, 0.05) is 0 Å². The lowest BCUT2D eigenvalue weighted by molar-refractivity contribution is 0.572. The third-order valence-corrected chi connectivity index (χ3v) is 3.97. The van der Waals surface area contributed by atoms with Crippen molar-refractivity contribution in [2.45, 2.75) is 33.6 Å². The molecular weight excluding hydrogens is 150 g/mol. The zero-order valence-corrected chi connectivity index (χ0v) is 9.77. The summed E-state index contributed by atoms with van der Waals surface area (Å²) >= 11 is 0. The van der Waals surface area contributed by atoms with E-state index in [9.17, 15) is 0 Å². The molecule has 0 amide bonds. The predicted molar refractivity (Wildman–Crippen MR) is 55.5 cm³/mol. The van der Waals surface area contributed by atoms with Crippen LogP contribution in [0, 0.1) is 0 Å². The fourth-order valence-corrected chi connectivity index (χ4v) is 2.36. The van der Waals surface area contributed by atoms with Gasteiger partial charge < -0.3 is 4.57 Å². The highest BCUT2D eigenvalue weighted by Gasteiger charge is 1.93. The second kappa shape index (κ2) is 6.62. The Morgan fingerprint density at radius 1 is 1.27 bits per heavy atom.